The molecule has 1 rings (SSSR count). The molecule has 0 saturated carbocycles. The van der Waals surface area contributed by atoms with E-state index < -0.39 is 18.6 Å². The first-order valence-corrected chi connectivity index (χ1v) is 5.30. The van der Waals surface area contributed by atoms with Crippen LogP contribution in [0, 0.1) is 0 Å². The van der Waals surface area contributed by atoms with Crippen molar-refractivity contribution in [3.05, 3.63) is 30.1 Å². The van der Waals surface area contributed by atoms with Gasteiger partial charge in [0.05, 0.1) is 0 Å². The molecule has 94 valence electrons. The van der Waals surface area contributed by atoms with Gasteiger partial charge in [-0.25, -0.2) is 0 Å². The van der Waals surface area contributed by atoms with Gasteiger partial charge in [-0.15, -0.1) is 11.6 Å². The maximum atomic E-state index is 12.2. The van der Waals surface area contributed by atoms with Crippen LogP contribution in [0.4, 0.5) is 13.2 Å². The van der Waals surface area contributed by atoms with E-state index in [1.807, 2.05) is 0 Å². The minimum Gasteiger partial charge on any atom is -0.327 e. The second kappa shape index (κ2) is 5.86. The summed E-state index contributed by atoms with van der Waals surface area (Å²) in [5.74, 6) is -0.835. The van der Waals surface area contributed by atoms with Crippen molar-refractivity contribution < 1.29 is 18.0 Å². The number of nitrogens with zero attached hydrogens (tertiary/aromatic N) is 2. The lowest BCUT2D eigenvalue weighted by atomic mass is 10.3. The Balaban J connectivity index is 2.81. The molecule has 0 aliphatic carbocycles. The molecule has 0 radical (unpaired) electrons. The highest BCUT2D eigenvalue weighted by Gasteiger charge is 2.33. The zero-order valence-electron chi connectivity index (χ0n) is 8.75. The Hall–Kier alpha value is -1.30. The zero-order chi connectivity index (χ0) is 12.9. The number of amides is 1. The molecule has 1 amide bonds. The number of aromatic nitrogens is 1. The second-order valence-electron chi connectivity index (χ2n) is 3.25. The number of pyridine rings is 1. The van der Waals surface area contributed by atoms with Crippen LogP contribution in [0.2, 0.25) is 0 Å². The van der Waals surface area contributed by atoms with Crippen molar-refractivity contribution in [1.82, 2.24) is 9.88 Å². The summed E-state index contributed by atoms with van der Waals surface area (Å²) >= 11 is 5.38. The van der Waals surface area contributed by atoms with E-state index in [9.17, 15) is 18.0 Å². The van der Waals surface area contributed by atoms with Crippen LogP contribution in [0.25, 0.3) is 0 Å². The molecule has 17 heavy (non-hydrogen) atoms. The lowest BCUT2D eigenvalue weighted by Gasteiger charge is -2.22. The predicted molar refractivity (Wildman–Crippen MR) is 56.9 cm³/mol. The van der Waals surface area contributed by atoms with Gasteiger partial charge in [-0.1, -0.05) is 6.07 Å². The van der Waals surface area contributed by atoms with E-state index in [0.717, 1.165) is 0 Å². The van der Waals surface area contributed by atoms with Gasteiger partial charge < -0.3 is 4.90 Å². The largest absolute Gasteiger partial charge is 0.406 e. The summed E-state index contributed by atoms with van der Waals surface area (Å²) in [5.41, 5.74) is -0.0260. The molecule has 7 heteroatoms. The molecule has 1 aromatic rings. The average molecular weight is 267 g/mol. The molecule has 0 fully saturated rings. The quantitative estimate of drug-likeness (QED) is 0.784. The molecule has 0 N–H and O–H groups in total. The van der Waals surface area contributed by atoms with E-state index in [0.29, 0.717) is 4.90 Å². The third-order valence-corrected chi connectivity index (χ3v) is 2.06. The molecule has 3 nitrogen and oxygen atoms in total. The number of rotatable bonds is 4. The molecule has 0 aliphatic heterocycles. The summed E-state index contributed by atoms with van der Waals surface area (Å²) in [7, 11) is 0. The van der Waals surface area contributed by atoms with Crippen molar-refractivity contribution in [3.8, 4) is 0 Å². The highest BCUT2D eigenvalue weighted by atomic mass is 35.5. The van der Waals surface area contributed by atoms with Crippen LogP contribution < -0.4 is 0 Å². The molecule has 0 unspecified atom stereocenters. The third kappa shape index (κ3) is 4.60. The van der Waals surface area contributed by atoms with E-state index in [-0.39, 0.29) is 18.1 Å². The Kier molecular flexibility index (Phi) is 4.74. The summed E-state index contributed by atoms with van der Waals surface area (Å²) < 4.78 is 36.7. The maximum Gasteiger partial charge on any atom is 0.406 e. The number of carbonyl (C=O) groups is 1. The summed E-state index contributed by atoms with van der Waals surface area (Å²) in [5, 5.41) is 0. The number of alkyl halides is 4. The Labute approximate surface area is 101 Å². The van der Waals surface area contributed by atoms with Crippen molar-refractivity contribution in [2.75, 3.05) is 19.0 Å². The highest BCUT2D eigenvalue weighted by Crippen LogP contribution is 2.17. The molecule has 0 aromatic carbocycles. The van der Waals surface area contributed by atoms with Crippen LogP contribution in [0.1, 0.15) is 10.5 Å². The number of halogens is 4. The lowest BCUT2D eigenvalue weighted by Crippen LogP contribution is -2.40. The van der Waals surface area contributed by atoms with Crippen LogP contribution in [0.5, 0.6) is 0 Å². The van der Waals surface area contributed by atoms with Gasteiger partial charge >= 0.3 is 6.18 Å². The highest BCUT2D eigenvalue weighted by molar-refractivity contribution is 6.18. The maximum absolute atomic E-state index is 12.2. The van der Waals surface area contributed by atoms with Crippen molar-refractivity contribution >= 4 is 17.5 Å². The molecular weight excluding hydrogens is 257 g/mol. The van der Waals surface area contributed by atoms with E-state index in [1.165, 1.54) is 18.3 Å². The molecule has 0 atom stereocenters. The first-order valence-electron chi connectivity index (χ1n) is 4.77. The van der Waals surface area contributed by atoms with E-state index in [4.69, 9.17) is 11.6 Å². The van der Waals surface area contributed by atoms with Gasteiger partial charge in [0, 0.05) is 18.6 Å². The predicted octanol–water partition coefficient (Wildman–Crippen LogP) is 2.32. The summed E-state index contributed by atoms with van der Waals surface area (Å²) in [4.78, 5) is 16.1. The van der Waals surface area contributed by atoms with Crippen LogP contribution >= 0.6 is 11.6 Å². The smallest absolute Gasteiger partial charge is 0.327 e. The van der Waals surface area contributed by atoms with Gasteiger partial charge in [-0.2, -0.15) is 13.2 Å². The summed E-state index contributed by atoms with van der Waals surface area (Å²) in [6.07, 6.45) is -3.10. The van der Waals surface area contributed by atoms with Crippen LogP contribution in [-0.2, 0) is 0 Å². The fourth-order valence-electron chi connectivity index (χ4n) is 1.22. The zero-order valence-corrected chi connectivity index (χ0v) is 9.50. The van der Waals surface area contributed by atoms with Crippen LogP contribution in [0.3, 0.4) is 0 Å². The topological polar surface area (TPSA) is 33.2 Å². The number of hydrogen-bond acceptors (Lipinski definition) is 2. The Bertz CT molecular complexity index is 370. The van der Waals surface area contributed by atoms with Gasteiger partial charge in [0.25, 0.3) is 5.91 Å². The molecule has 0 spiro atoms. The molecule has 0 bridgehead atoms. The van der Waals surface area contributed by atoms with E-state index in [2.05, 4.69) is 4.98 Å². The standard InChI is InChI=1S/C10H10ClF3N2O/c11-4-6-16(7-10(12,13)14)9(17)8-3-1-2-5-15-8/h1-3,5H,4,6-7H2. The number of carbonyl (C=O) groups excluding carboxylic acids is 1. The van der Waals surface area contributed by atoms with Gasteiger partial charge in [0.15, 0.2) is 0 Å². The average Bonchev–Trinajstić information content (AvgIpc) is 2.27. The Morgan fingerprint density at radius 3 is 2.59 bits per heavy atom. The lowest BCUT2D eigenvalue weighted by molar-refractivity contribution is -0.140. The van der Waals surface area contributed by atoms with Gasteiger partial charge in [0.1, 0.15) is 12.2 Å². The molecule has 0 aliphatic rings. The minimum absolute atomic E-state index is 0.0260. The summed E-state index contributed by atoms with van der Waals surface area (Å²) in [6, 6.07) is 4.47. The second-order valence-corrected chi connectivity index (χ2v) is 3.62. The first kappa shape index (κ1) is 13.8. The summed E-state index contributed by atoms with van der Waals surface area (Å²) in [6.45, 7) is -1.49. The van der Waals surface area contributed by atoms with Gasteiger partial charge in [-0.05, 0) is 12.1 Å². The van der Waals surface area contributed by atoms with Crippen LogP contribution in [-0.4, -0.2) is 40.9 Å². The minimum atomic E-state index is -4.45. The normalized spacial score (nSPS) is 11.3. The van der Waals surface area contributed by atoms with Crippen molar-refractivity contribution in [2.24, 2.45) is 0 Å². The van der Waals surface area contributed by atoms with Crippen molar-refractivity contribution in [2.45, 2.75) is 6.18 Å². The third-order valence-electron chi connectivity index (χ3n) is 1.90. The molecular formula is C10H10ClF3N2O. The van der Waals surface area contributed by atoms with Crippen molar-refractivity contribution in [1.29, 1.82) is 0 Å². The first-order chi connectivity index (χ1) is 7.94. The molecule has 0 saturated heterocycles. The van der Waals surface area contributed by atoms with Crippen molar-refractivity contribution in [3.63, 3.8) is 0 Å². The Morgan fingerprint density at radius 1 is 1.41 bits per heavy atom. The molecule has 1 heterocycles. The fourth-order valence-corrected chi connectivity index (χ4v) is 1.43. The fraction of sp³-hybridized carbons (Fsp3) is 0.400. The number of hydrogen-bond donors (Lipinski definition) is 0. The SMILES string of the molecule is O=C(c1ccccn1)N(CCCl)CC(F)(F)F. The monoisotopic (exact) mass is 266 g/mol. The Morgan fingerprint density at radius 2 is 2.12 bits per heavy atom. The van der Waals surface area contributed by atoms with E-state index >= 15 is 0 Å². The van der Waals surface area contributed by atoms with Crippen LogP contribution in [0.15, 0.2) is 24.4 Å². The van der Waals surface area contributed by atoms with Gasteiger partial charge in [-0.3, -0.25) is 9.78 Å². The molecule has 1 aromatic heterocycles. The van der Waals surface area contributed by atoms with E-state index in [1.54, 1.807) is 6.07 Å². The van der Waals surface area contributed by atoms with Gasteiger partial charge in [0.2, 0.25) is 0 Å².